The molecule has 1 heterocycles. The summed E-state index contributed by atoms with van der Waals surface area (Å²) >= 11 is 1.90. The van der Waals surface area contributed by atoms with Gasteiger partial charge in [-0.05, 0) is 69.3 Å². The fourth-order valence-corrected chi connectivity index (χ4v) is 9.67. The molecule has 0 radical (unpaired) electrons. The van der Waals surface area contributed by atoms with Crippen LogP contribution < -0.4 is 4.90 Å². The van der Waals surface area contributed by atoms with Gasteiger partial charge in [-0.3, -0.25) is 0 Å². The van der Waals surface area contributed by atoms with Crippen LogP contribution in [0.4, 0.5) is 17.1 Å². The average molecular weight is 668 g/mol. The van der Waals surface area contributed by atoms with Gasteiger partial charge in [-0.2, -0.15) is 0 Å². The standard InChI is InChI=1S/C49H33NS/c1-4-17-34(18-5-1)38-23-12-15-29-45(38)50(37-21-8-3-9-22-37)46-30-16-26-42-41-32-31-36(33-47(41)51-48(42)46)49(35-19-6-2-7-20-35)43-27-13-10-24-39(43)40-25-11-14-28-44(40)49/h1-33H. The predicted molar refractivity (Wildman–Crippen MR) is 217 cm³/mol. The molecule has 0 unspecified atom stereocenters. The SMILES string of the molecule is c1ccc(-c2ccccc2N(c2ccccc2)c2cccc3c2sc2cc(C4(c5ccccc5)c5ccccc5-c5ccccc54)ccc23)cc1. The topological polar surface area (TPSA) is 3.24 Å². The van der Waals surface area contributed by atoms with Gasteiger partial charge in [-0.15, -0.1) is 11.3 Å². The van der Waals surface area contributed by atoms with Gasteiger partial charge in [0, 0.05) is 26.7 Å². The highest BCUT2D eigenvalue weighted by Crippen LogP contribution is 2.57. The molecule has 1 aliphatic rings. The van der Waals surface area contributed by atoms with E-state index in [1.165, 1.54) is 70.4 Å². The predicted octanol–water partition coefficient (Wildman–Crippen LogP) is 13.6. The summed E-state index contributed by atoms with van der Waals surface area (Å²) in [6.45, 7) is 0. The average Bonchev–Trinajstić information content (AvgIpc) is 3.73. The van der Waals surface area contributed by atoms with Gasteiger partial charge in [0.25, 0.3) is 0 Å². The summed E-state index contributed by atoms with van der Waals surface area (Å²) in [6, 6.07) is 73.3. The molecule has 0 atom stereocenters. The number of nitrogens with zero attached hydrogens (tertiary/aromatic N) is 1. The van der Waals surface area contributed by atoms with Crippen molar-refractivity contribution in [3.63, 3.8) is 0 Å². The summed E-state index contributed by atoms with van der Waals surface area (Å²) in [5, 5.41) is 2.56. The van der Waals surface area contributed by atoms with Crippen LogP contribution in [0, 0.1) is 0 Å². The first kappa shape index (κ1) is 29.7. The summed E-state index contributed by atoms with van der Waals surface area (Å²) in [4.78, 5) is 2.44. The van der Waals surface area contributed by atoms with Gasteiger partial charge in [0.15, 0.2) is 0 Å². The van der Waals surface area contributed by atoms with Crippen LogP contribution in [-0.4, -0.2) is 0 Å². The lowest BCUT2D eigenvalue weighted by Crippen LogP contribution is -2.28. The van der Waals surface area contributed by atoms with Crippen LogP contribution in [0.25, 0.3) is 42.4 Å². The molecule has 0 saturated carbocycles. The normalized spacial score (nSPS) is 12.9. The number of anilines is 3. The van der Waals surface area contributed by atoms with Crippen molar-refractivity contribution in [1.29, 1.82) is 0 Å². The second-order valence-electron chi connectivity index (χ2n) is 13.2. The Morgan fingerprint density at radius 2 is 0.961 bits per heavy atom. The van der Waals surface area contributed by atoms with Gasteiger partial charge in [0.2, 0.25) is 0 Å². The van der Waals surface area contributed by atoms with E-state index in [1.54, 1.807) is 0 Å². The van der Waals surface area contributed by atoms with E-state index in [4.69, 9.17) is 0 Å². The van der Waals surface area contributed by atoms with Crippen LogP contribution in [0.2, 0.25) is 0 Å². The third-order valence-corrected chi connectivity index (χ3v) is 11.7. The zero-order valence-corrected chi connectivity index (χ0v) is 28.7. The van der Waals surface area contributed by atoms with E-state index in [9.17, 15) is 0 Å². The van der Waals surface area contributed by atoms with Crippen molar-refractivity contribution in [3.8, 4) is 22.3 Å². The molecule has 10 rings (SSSR count). The minimum atomic E-state index is -0.424. The third-order valence-electron chi connectivity index (χ3n) is 10.6. The maximum atomic E-state index is 2.47. The molecular formula is C49H33NS. The van der Waals surface area contributed by atoms with E-state index in [1.807, 2.05) is 11.3 Å². The van der Waals surface area contributed by atoms with Crippen molar-refractivity contribution in [2.45, 2.75) is 5.41 Å². The van der Waals surface area contributed by atoms with Gasteiger partial charge < -0.3 is 4.90 Å². The van der Waals surface area contributed by atoms with Gasteiger partial charge in [0.1, 0.15) is 0 Å². The first-order valence-electron chi connectivity index (χ1n) is 17.5. The van der Waals surface area contributed by atoms with Crippen LogP contribution >= 0.6 is 11.3 Å². The second kappa shape index (κ2) is 12.0. The number of fused-ring (bicyclic) bond motifs is 6. The Balaban J connectivity index is 1.22. The lowest BCUT2D eigenvalue weighted by atomic mass is 9.67. The molecular weight excluding hydrogens is 635 g/mol. The first-order valence-corrected chi connectivity index (χ1v) is 18.3. The Hall–Kier alpha value is -6.22. The Bertz CT molecular complexity index is 2650. The number of rotatable bonds is 6. The molecule has 0 N–H and O–H groups in total. The van der Waals surface area contributed by atoms with Gasteiger partial charge in [-0.25, -0.2) is 0 Å². The van der Waals surface area contributed by atoms with Crippen molar-refractivity contribution in [1.82, 2.24) is 0 Å². The summed E-state index contributed by atoms with van der Waals surface area (Å²) < 4.78 is 2.56. The highest BCUT2D eigenvalue weighted by atomic mass is 32.1. The van der Waals surface area contributed by atoms with Crippen LogP contribution in [-0.2, 0) is 5.41 Å². The minimum absolute atomic E-state index is 0.424. The Labute approximate surface area is 302 Å². The molecule has 2 heteroatoms. The maximum absolute atomic E-state index is 2.47. The van der Waals surface area contributed by atoms with E-state index in [0.717, 1.165) is 11.4 Å². The lowest BCUT2D eigenvalue weighted by Gasteiger charge is -2.33. The van der Waals surface area contributed by atoms with E-state index >= 15 is 0 Å². The lowest BCUT2D eigenvalue weighted by molar-refractivity contribution is 0.770. The van der Waals surface area contributed by atoms with Gasteiger partial charge >= 0.3 is 0 Å². The van der Waals surface area contributed by atoms with Crippen LogP contribution in [0.3, 0.4) is 0 Å². The molecule has 0 bridgehead atoms. The molecule has 8 aromatic carbocycles. The highest BCUT2D eigenvalue weighted by molar-refractivity contribution is 7.26. The number of benzene rings is 8. The molecule has 9 aromatic rings. The van der Waals surface area contributed by atoms with Crippen molar-refractivity contribution < 1.29 is 0 Å². The van der Waals surface area contributed by atoms with Gasteiger partial charge in [-0.1, -0.05) is 170 Å². The molecule has 1 aliphatic carbocycles. The fraction of sp³-hybridized carbons (Fsp3) is 0.0204. The van der Waals surface area contributed by atoms with Crippen molar-refractivity contribution in [2.24, 2.45) is 0 Å². The van der Waals surface area contributed by atoms with Crippen molar-refractivity contribution >= 4 is 48.6 Å². The molecule has 0 saturated heterocycles. The number of hydrogen-bond donors (Lipinski definition) is 0. The van der Waals surface area contributed by atoms with Crippen LogP contribution in [0.5, 0.6) is 0 Å². The quantitative estimate of drug-likeness (QED) is 0.171. The van der Waals surface area contributed by atoms with Crippen LogP contribution in [0.15, 0.2) is 200 Å². The molecule has 1 aromatic heterocycles. The van der Waals surface area contributed by atoms with Crippen molar-refractivity contribution in [3.05, 3.63) is 222 Å². The minimum Gasteiger partial charge on any atom is -0.308 e. The number of para-hydroxylation sites is 2. The molecule has 0 fully saturated rings. The molecule has 0 amide bonds. The zero-order valence-electron chi connectivity index (χ0n) is 27.9. The summed E-state index contributed by atoms with van der Waals surface area (Å²) in [6.07, 6.45) is 0. The second-order valence-corrected chi connectivity index (χ2v) is 14.3. The first-order chi connectivity index (χ1) is 25.3. The zero-order chi connectivity index (χ0) is 33.8. The summed E-state index contributed by atoms with van der Waals surface area (Å²) in [5.41, 5.74) is 13.3. The molecule has 1 nitrogen and oxygen atoms in total. The molecule has 0 spiro atoms. The number of thiophene rings is 1. The highest BCUT2D eigenvalue weighted by Gasteiger charge is 2.46. The van der Waals surface area contributed by atoms with Crippen LogP contribution in [0.1, 0.15) is 22.3 Å². The fourth-order valence-electron chi connectivity index (χ4n) is 8.42. The Kier molecular flexibility index (Phi) is 6.97. The number of hydrogen-bond acceptors (Lipinski definition) is 2. The maximum Gasteiger partial charge on any atom is 0.0714 e. The monoisotopic (exact) mass is 667 g/mol. The third kappa shape index (κ3) is 4.54. The smallest absolute Gasteiger partial charge is 0.0714 e. The van der Waals surface area contributed by atoms with E-state index < -0.39 is 5.41 Å². The molecule has 51 heavy (non-hydrogen) atoms. The Morgan fingerprint density at radius 1 is 0.392 bits per heavy atom. The largest absolute Gasteiger partial charge is 0.308 e. The van der Waals surface area contributed by atoms with E-state index in [2.05, 4.69) is 205 Å². The summed E-state index contributed by atoms with van der Waals surface area (Å²) in [7, 11) is 0. The Morgan fingerprint density at radius 3 is 1.67 bits per heavy atom. The van der Waals surface area contributed by atoms with Crippen molar-refractivity contribution in [2.75, 3.05) is 4.90 Å². The van der Waals surface area contributed by atoms with Gasteiger partial charge in [0.05, 0.1) is 21.5 Å². The molecule has 240 valence electrons. The summed E-state index contributed by atoms with van der Waals surface area (Å²) in [5.74, 6) is 0. The van der Waals surface area contributed by atoms with E-state index in [-0.39, 0.29) is 0 Å². The molecule has 0 aliphatic heterocycles. The van der Waals surface area contributed by atoms with E-state index in [0.29, 0.717) is 0 Å².